The lowest BCUT2D eigenvalue weighted by atomic mass is 9.79. The summed E-state index contributed by atoms with van der Waals surface area (Å²) in [7, 11) is 0. The molecule has 1 aliphatic rings. The van der Waals surface area contributed by atoms with Crippen molar-refractivity contribution in [3.05, 3.63) is 70.8 Å². The summed E-state index contributed by atoms with van der Waals surface area (Å²) in [6, 6.07) is 7.59. The number of aliphatic hydroxyl groups is 1. The van der Waals surface area contributed by atoms with Crippen LogP contribution in [0.2, 0.25) is 0 Å². The zero-order valence-electron chi connectivity index (χ0n) is 14.4. The lowest BCUT2D eigenvalue weighted by Crippen LogP contribution is -2.46. The zero-order valence-corrected chi connectivity index (χ0v) is 15.3. The topological polar surface area (TPSA) is 32.3 Å². The van der Waals surface area contributed by atoms with Gasteiger partial charge in [0.2, 0.25) is 0 Å². The van der Waals surface area contributed by atoms with Gasteiger partial charge in [0, 0.05) is 6.04 Å². The largest absolute Gasteiger partial charge is 0.416 e. The number of benzene rings is 2. The van der Waals surface area contributed by atoms with Gasteiger partial charge >= 0.3 is 12.4 Å². The van der Waals surface area contributed by atoms with Gasteiger partial charge in [-0.15, -0.1) is 12.4 Å². The number of alkyl halides is 6. The van der Waals surface area contributed by atoms with E-state index in [4.69, 9.17) is 0 Å². The smallest absolute Gasteiger partial charge is 0.379 e. The molecule has 3 rings (SSSR count). The second kappa shape index (κ2) is 7.93. The van der Waals surface area contributed by atoms with E-state index in [1.54, 1.807) is 0 Å². The van der Waals surface area contributed by atoms with E-state index in [1.165, 1.54) is 24.3 Å². The van der Waals surface area contributed by atoms with E-state index < -0.39 is 35.1 Å². The van der Waals surface area contributed by atoms with Crippen LogP contribution >= 0.6 is 12.4 Å². The Morgan fingerprint density at radius 1 is 0.714 bits per heavy atom. The molecular formula is C19H18ClF6NO. The Morgan fingerprint density at radius 3 is 1.36 bits per heavy atom. The molecule has 1 aliphatic heterocycles. The van der Waals surface area contributed by atoms with Crippen molar-refractivity contribution in [3.8, 4) is 0 Å². The highest BCUT2D eigenvalue weighted by atomic mass is 35.5. The normalized spacial score (nSPS) is 18.0. The Morgan fingerprint density at radius 2 is 1.07 bits per heavy atom. The summed E-state index contributed by atoms with van der Waals surface area (Å²) in [4.78, 5) is 0. The molecule has 0 amide bonds. The highest BCUT2D eigenvalue weighted by Gasteiger charge is 2.42. The van der Waals surface area contributed by atoms with Crippen LogP contribution in [0.25, 0.3) is 0 Å². The fraction of sp³-hybridized carbons (Fsp3) is 0.368. The summed E-state index contributed by atoms with van der Waals surface area (Å²) >= 11 is 0. The fourth-order valence-corrected chi connectivity index (χ4v) is 3.44. The maximum Gasteiger partial charge on any atom is 0.416 e. The molecule has 1 atom stereocenters. The maximum absolute atomic E-state index is 12.8. The monoisotopic (exact) mass is 425 g/mol. The van der Waals surface area contributed by atoms with Gasteiger partial charge in [0.15, 0.2) is 0 Å². The highest BCUT2D eigenvalue weighted by Crippen LogP contribution is 2.39. The van der Waals surface area contributed by atoms with Crippen molar-refractivity contribution >= 4 is 12.4 Å². The first kappa shape index (κ1) is 22.5. The van der Waals surface area contributed by atoms with Gasteiger partial charge in [-0.25, -0.2) is 0 Å². The molecule has 0 saturated carbocycles. The molecule has 0 bridgehead atoms. The molecule has 9 heteroatoms. The van der Waals surface area contributed by atoms with Gasteiger partial charge in [0.1, 0.15) is 5.60 Å². The summed E-state index contributed by atoms with van der Waals surface area (Å²) in [5.41, 5.74) is -3.09. The molecule has 0 unspecified atom stereocenters. The van der Waals surface area contributed by atoms with Gasteiger partial charge in [-0.2, -0.15) is 26.3 Å². The summed E-state index contributed by atoms with van der Waals surface area (Å²) in [5, 5.41) is 14.5. The minimum atomic E-state index is -4.52. The molecule has 1 heterocycles. The van der Waals surface area contributed by atoms with E-state index in [2.05, 4.69) is 5.32 Å². The Hall–Kier alpha value is -1.77. The first-order valence-electron chi connectivity index (χ1n) is 8.34. The summed E-state index contributed by atoms with van der Waals surface area (Å²) in [6.45, 7) is 0.605. The lowest BCUT2D eigenvalue weighted by molar-refractivity contribution is -0.138. The minimum absolute atomic E-state index is 0. The van der Waals surface area contributed by atoms with E-state index in [-0.39, 0.29) is 23.5 Å². The molecule has 1 saturated heterocycles. The predicted molar refractivity (Wildman–Crippen MR) is 94.2 cm³/mol. The van der Waals surface area contributed by atoms with Gasteiger partial charge in [-0.3, -0.25) is 0 Å². The van der Waals surface area contributed by atoms with Gasteiger partial charge in [0.25, 0.3) is 0 Å². The van der Waals surface area contributed by atoms with Crippen LogP contribution in [-0.4, -0.2) is 17.7 Å². The molecule has 0 spiro atoms. The Bertz CT molecular complexity index is 723. The SMILES string of the molecule is Cl.OC(c1ccc(C(F)(F)F)cc1)(c1ccc(C(F)(F)F)cc1)[C@@H]1CCCN1. The van der Waals surface area contributed by atoms with Gasteiger partial charge in [0.05, 0.1) is 11.1 Å². The Balaban J connectivity index is 0.00000280. The van der Waals surface area contributed by atoms with Crippen molar-refractivity contribution in [3.63, 3.8) is 0 Å². The Kier molecular flexibility index (Phi) is 6.37. The lowest BCUT2D eigenvalue weighted by Gasteiger charge is -2.35. The molecule has 0 aromatic heterocycles. The average molecular weight is 426 g/mol. The molecule has 2 aromatic carbocycles. The number of hydrogen-bond acceptors (Lipinski definition) is 2. The van der Waals surface area contributed by atoms with E-state index in [9.17, 15) is 31.4 Å². The van der Waals surface area contributed by atoms with E-state index >= 15 is 0 Å². The van der Waals surface area contributed by atoms with Crippen LogP contribution in [0, 0.1) is 0 Å². The van der Waals surface area contributed by atoms with E-state index in [0.717, 1.165) is 30.7 Å². The number of halogens is 7. The summed E-state index contributed by atoms with van der Waals surface area (Å²) < 4.78 is 76.9. The molecule has 0 aliphatic carbocycles. The van der Waals surface area contributed by atoms with Gasteiger partial charge in [-0.1, -0.05) is 24.3 Å². The molecular weight excluding hydrogens is 408 g/mol. The van der Waals surface area contributed by atoms with Crippen molar-refractivity contribution in [2.45, 2.75) is 36.8 Å². The fourth-order valence-electron chi connectivity index (χ4n) is 3.44. The van der Waals surface area contributed by atoms with Crippen LogP contribution in [-0.2, 0) is 18.0 Å². The summed E-state index contributed by atoms with van der Waals surface area (Å²) in [6.07, 6.45) is -7.75. The van der Waals surface area contributed by atoms with Crippen LogP contribution in [0.5, 0.6) is 0 Å². The molecule has 154 valence electrons. The van der Waals surface area contributed by atoms with Crippen LogP contribution < -0.4 is 5.32 Å². The molecule has 0 radical (unpaired) electrons. The molecule has 2 aromatic rings. The number of nitrogens with one attached hydrogen (secondary N) is 1. The van der Waals surface area contributed by atoms with E-state index in [1.807, 2.05) is 0 Å². The standard InChI is InChI=1S/C19H17F6NO.ClH/c20-18(21,22)14-7-3-12(4-8-14)17(27,16-2-1-11-26-16)13-5-9-15(10-6-13)19(23,24)25;/h3-10,16,26-27H,1-2,11H2;1H/t16-;/m0./s1. The van der Waals surface area contributed by atoms with Crippen LogP contribution in [0.3, 0.4) is 0 Å². The molecule has 28 heavy (non-hydrogen) atoms. The van der Waals surface area contributed by atoms with Crippen molar-refractivity contribution in [2.24, 2.45) is 0 Å². The third-order valence-electron chi connectivity index (χ3n) is 4.87. The van der Waals surface area contributed by atoms with Crippen molar-refractivity contribution in [1.82, 2.24) is 5.32 Å². The number of rotatable bonds is 3. The van der Waals surface area contributed by atoms with Gasteiger partial charge in [-0.05, 0) is 54.8 Å². The van der Waals surface area contributed by atoms with Crippen molar-refractivity contribution in [1.29, 1.82) is 0 Å². The van der Waals surface area contributed by atoms with Crippen molar-refractivity contribution in [2.75, 3.05) is 6.54 Å². The molecule has 1 fully saturated rings. The van der Waals surface area contributed by atoms with Crippen molar-refractivity contribution < 1.29 is 31.4 Å². The predicted octanol–water partition coefficient (Wildman–Crippen LogP) is 5.13. The molecule has 2 nitrogen and oxygen atoms in total. The zero-order chi connectivity index (χ0) is 19.9. The second-order valence-corrected chi connectivity index (χ2v) is 6.57. The number of hydrogen-bond donors (Lipinski definition) is 2. The average Bonchev–Trinajstić information content (AvgIpc) is 3.15. The summed E-state index contributed by atoms with van der Waals surface area (Å²) in [5.74, 6) is 0. The quantitative estimate of drug-likeness (QED) is 0.668. The first-order chi connectivity index (χ1) is 12.5. The second-order valence-electron chi connectivity index (χ2n) is 6.57. The Labute approximate surface area is 164 Å². The minimum Gasteiger partial charge on any atom is -0.379 e. The molecule has 2 N–H and O–H groups in total. The highest BCUT2D eigenvalue weighted by molar-refractivity contribution is 5.85. The van der Waals surface area contributed by atoms with Crippen LogP contribution in [0.4, 0.5) is 26.3 Å². The van der Waals surface area contributed by atoms with E-state index in [0.29, 0.717) is 13.0 Å². The maximum atomic E-state index is 12.8. The van der Waals surface area contributed by atoms with Crippen LogP contribution in [0.15, 0.2) is 48.5 Å². The van der Waals surface area contributed by atoms with Crippen LogP contribution in [0.1, 0.15) is 35.1 Å². The first-order valence-corrected chi connectivity index (χ1v) is 8.34. The third kappa shape index (κ3) is 4.29. The third-order valence-corrected chi connectivity index (χ3v) is 4.87. The van der Waals surface area contributed by atoms with Gasteiger partial charge < -0.3 is 10.4 Å².